The SMILES string of the molecule is C/C=C\N(CC(=O)O)N=NC(C)C. The summed E-state index contributed by atoms with van der Waals surface area (Å²) in [7, 11) is 0. The van der Waals surface area contributed by atoms with Gasteiger partial charge < -0.3 is 5.11 Å². The summed E-state index contributed by atoms with van der Waals surface area (Å²) in [5.74, 6) is -0.930. The molecule has 0 unspecified atom stereocenters. The zero-order chi connectivity index (χ0) is 10.3. The van der Waals surface area contributed by atoms with Crippen LogP contribution in [0.2, 0.25) is 0 Å². The van der Waals surface area contributed by atoms with Crippen LogP contribution < -0.4 is 0 Å². The molecule has 0 saturated carbocycles. The molecule has 0 bridgehead atoms. The van der Waals surface area contributed by atoms with E-state index in [0.29, 0.717) is 0 Å². The molecule has 0 aromatic carbocycles. The molecule has 0 atom stereocenters. The molecule has 0 saturated heterocycles. The molecule has 74 valence electrons. The normalized spacial score (nSPS) is 11.7. The predicted molar refractivity (Wildman–Crippen MR) is 49.1 cm³/mol. The van der Waals surface area contributed by atoms with E-state index in [-0.39, 0.29) is 12.6 Å². The molecule has 0 aliphatic rings. The molecule has 0 aliphatic heterocycles. The lowest BCUT2D eigenvalue weighted by Gasteiger charge is -2.09. The van der Waals surface area contributed by atoms with Gasteiger partial charge in [-0.25, -0.2) is 5.01 Å². The lowest BCUT2D eigenvalue weighted by molar-refractivity contribution is -0.137. The third-order valence-corrected chi connectivity index (χ3v) is 1.02. The van der Waals surface area contributed by atoms with E-state index < -0.39 is 5.97 Å². The second-order valence-electron chi connectivity index (χ2n) is 2.77. The average Bonchev–Trinajstić information content (AvgIpc) is 1.99. The maximum absolute atomic E-state index is 10.4. The van der Waals surface area contributed by atoms with E-state index in [0.717, 1.165) is 0 Å². The number of nitrogens with zero attached hydrogens (tertiary/aromatic N) is 3. The maximum Gasteiger partial charge on any atom is 0.325 e. The Hall–Kier alpha value is -1.39. The van der Waals surface area contributed by atoms with Gasteiger partial charge in [-0.3, -0.25) is 4.79 Å². The summed E-state index contributed by atoms with van der Waals surface area (Å²) in [4.78, 5) is 10.4. The highest BCUT2D eigenvalue weighted by molar-refractivity contribution is 5.69. The number of allylic oxidation sites excluding steroid dienone is 1. The smallest absolute Gasteiger partial charge is 0.325 e. The van der Waals surface area contributed by atoms with E-state index in [1.165, 1.54) is 5.01 Å². The van der Waals surface area contributed by atoms with Crippen LogP contribution in [-0.2, 0) is 4.79 Å². The Labute approximate surface area is 77.7 Å². The molecule has 0 aromatic heterocycles. The van der Waals surface area contributed by atoms with Crippen LogP contribution in [0.15, 0.2) is 22.6 Å². The number of carboxylic acid groups (broad SMARTS) is 1. The Bertz CT molecular complexity index is 211. The fourth-order valence-electron chi connectivity index (χ4n) is 0.594. The van der Waals surface area contributed by atoms with Crippen LogP contribution in [0.4, 0.5) is 0 Å². The summed E-state index contributed by atoms with van der Waals surface area (Å²) in [6.45, 7) is 5.37. The summed E-state index contributed by atoms with van der Waals surface area (Å²) in [6.07, 6.45) is 3.28. The fourth-order valence-corrected chi connectivity index (χ4v) is 0.594. The molecular formula is C8H15N3O2. The topological polar surface area (TPSA) is 65.3 Å². The van der Waals surface area contributed by atoms with Gasteiger partial charge >= 0.3 is 5.97 Å². The minimum atomic E-state index is -0.930. The van der Waals surface area contributed by atoms with Crippen molar-refractivity contribution < 1.29 is 9.90 Å². The molecule has 0 aliphatic carbocycles. The molecule has 1 N–H and O–H groups in total. The lowest BCUT2D eigenvalue weighted by Crippen LogP contribution is -2.19. The molecule has 0 fully saturated rings. The molecule has 13 heavy (non-hydrogen) atoms. The Morgan fingerprint density at radius 1 is 1.62 bits per heavy atom. The van der Waals surface area contributed by atoms with Gasteiger partial charge in [0.1, 0.15) is 6.54 Å². The van der Waals surface area contributed by atoms with Gasteiger partial charge in [0.15, 0.2) is 0 Å². The number of carbonyl (C=O) groups is 1. The van der Waals surface area contributed by atoms with Crippen molar-refractivity contribution in [1.82, 2.24) is 5.01 Å². The van der Waals surface area contributed by atoms with Crippen molar-refractivity contribution in [2.75, 3.05) is 6.54 Å². The zero-order valence-electron chi connectivity index (χ0n) is 8.14. The largest absolute Gasteiger partial charge is 0.480 e. The van der Waals surface area contributed by atoms with Gasteiger partial charge in [-0.15, -0.1) is 0 Å². The molecular weight excluding hydrogens is 170 g/mol. The summed E-state index contributed by atoms with van der Waals surface area (Å²) in [6, 6.07) is 0.0709. The highest BCUT2D eigenvalue weighted by atomic mass is 16.4. The van der Waals surface area contributed by atoms with Crippen LogP contribution in [0, 0.1) is 0 Å². The minimum absolute atomic E-state index is 0.0709. The monoisotopic (exact) mass is 185 g/mol. The first-order valence-electron chi connectivity index (χ1n) is 4.08. The van der Waals surface area contributed by atoms with E-state index in [1.807, 2.05) is 13.8 Å². The van der Waals surface area contributed by atoms with Crippen molar-refractivity contribution >= 4 is 5.97 Å². The van der Waals surface area contributed by atoms with Gasteiger partial charge in [-0.1, -0.05) is 11.3 Å². The van der Waals surface area contributed by atoms with E-state index in [9.17, 15) is 4.79 Å². The number of rotatable bonds is 5. The van der Waals surface area contributed by atoms with Crippen molar-refractivity contribution in [3.8, 4) is 0 Å². The molecule has 5 nitrogen and oxygen atoms in total. The molecule has 0 heterocycles. The fraction of sp³-hybridized carbons (Fsp3) is 0.625. The molecule has 0 radical (unpaired) electrons. The first-order chi connectivity index (χ1) is 6.06. The number of hydrogen-bond acceptors (Lipinski definition) is 3. The third kappa shape index (κ3) is 6.99. The van der Waals surface area contributed by atoms with E-state index in [2.05, 4.69) is 10.3 Å². The number of carboxylic acids is 1. The first-order valence-corrected chi connectivity index (χ1v) is 4.08. The zero-order valence-corrected chi connectivity index (χ0v) is 8.14. The number of aliphatic carboxylic acids is 1. The van der Waals surface area contributed by atoms with Crippen molar-refractivity contribution in [2.24, 2.45) is 10.3 Å². The summed E-state index contributed by atoms with van der Waals surface area (Å²) < 4.78 is 0. The van der Waals surface area contributed by atoms with Gasteiger partial charge in [-0.05, 0) is 20.8 Å². The van der Waals surface area contributed by atoms with Crippen LogP contribution >= 0.6 is 0 Å². The Morgan fingerprint density at radius 3 is 2.62 bits per heavy atom. The number of hydrogen-bond donors (Lipinski definition) is 1. The highest BCUT2D eigenvalue weighted by Crippen LogP contribution is 1.95. The third-order valence-electron chi connectivity index (χ3n) is 1.02. The van der Waals surface area contributed by atoms with Crippen LogP contribution in [-0.4, -0.2) is 28.7 Å². The second kappa shape index (κ2) is 6.16. The van der Waals surface area contributed by atoms with Crippen molar-refractivity contribution in [2.45, 2.75) is 26.8 Å². The van der Waals surface area contributed by atoms with E-state index in [1.54, 1.807) is 19.2 Å². The Morgan fingerprint density at radius 2 is 2.23 bits per heavy atom. The van der Waals surface area contributed by atoms with E-state index in [4.69, 9.17) is 5.11 Å². The molecule has 5 heteroatoms. The lowest BCUT2D eigenvalue weighted by atomic mass is 10.4. The van der Waals surface area contributed by atoms with Gasteiger partial charge in [0.2, 0.25) is 0 Å². The predicted octanol–water partition coefficient (Wildman–Crippen LogP) is 1.68. The molecule has 0 rings (SSSR count). The van der Waals surface area contributed by atoms with Crippen molar-refractivity contribution in [1.29, 1.82) is 0 Å². The Kier molecular flexibility index (Phi) is 5.50. The van der Waals surface area contributed by atoms with Crippen LogP contribution in [0.25, 0.3) is 0 Å². The van der Waals surface area contributed by atoms with Crippen LogP contribution in [0.1, 0.15) is 20.8 Å². The van der Waals surface area contributed by atoms with Crippen LogP contribution in [0.5, 0.6) is 0 Å². The second-order valence-corrected chi connectivity index (χ2v) is 2.77. The quantitative estimate of drug-likeness (QED) is 0.523. The van der Waals surface area contributed by atoms with Crippen molar-refractivity contribution in [3.05, 3.63) is 12.3 Å². The summed E-state index contributed by atoms with van der Waals surface area (Å²) in [5.41, 5.74) is 0. The molecule has 0 spiro atoms. The highest BCUT2D eigenvalue weighted by Gasteiger charge is 2.02. The summed E-state index contributed by atoms with van der Waals surface area (Å²) >= 11 is 0. The molecule has 0 aromatic rings. The Balaban J connectivity index is 4.17. The van der Waals surface area contributed by atoms with Gasteiger partial charge in [0.25, 0.3) is 0 Å². The average molecular weight is 185 g/mol. The van der Waals surface area contributed by atoms with Crippen LogP contribution in [0.3, 0.4) is 0 Å². The van der Waals surface area contributed by atoms with Gasteiger partial charge in [0, 0.05) is 6.20 Å². The summed E-state index contributed by atoms with van der Waals surface area (Å²) in [5, 5.41) is 17.4. The van der Waals surface area contributed by atoms with E-state index >= 15 is 0 Å². The standard InChI is InChI=1S/C8H15N3O2/c1-4-5-11(6-8(12)13)10-9-7(2)3/h4-5,7H,6H2,1-3H3,(H,12,13)/b5-4-,10-9?. The van der Waals surface area contributed by atoms with Crippen molar-refractivity contribution in [3.63, 3.8) is 0 Å². The molecule has 0 amide bonds. The van der Waals surface area contributed by atoms with Gasteiger partial charge in [-0.2, -0.15) is 5.11 Å². The maximum atomic E-state index is 10.4. The minimum Gasteiger partial charge on any atom is -0.480 e. The first kappa shape index (κ1) is 11.6. The van der Waals surface area contributed by atoms with Gasteiger partial charge in [0.05, 0.1) is 6.04 Å².